The Morgan fingerprint density at radius 1 is 1.35 bits per heavy atom. The highest BCUT2D eigenvalue weighted by Crippen LogP contribution is 2.29. The lowest BCUT2D eigenvalue weighted by atomic mass is 10.1. The molecule has 1 aromatic rings. The summed E-state index contributed by atoms with van der Waals surface area (Å²) in [4.78, 5) is 9.00. The zero-order chi connectivity index (χ0) is 15.7. The van der Waals surface area contributed by atoms with Crippen LogP contribution in [0.15, 0.2) is 17.0 Å². The summed E-state index contributed by atoms with van der Waals surface area (Å²) in [7, 11) is -4.22. The van der Waals surface area contributed by atoms with Crippen molar-refractivity contribution in [2.75, 3.05) is 5.43 Å². The predicted octanol–water partition coefficient (Wildman–Crippen LogP) is 1.10. The van der Waals surface area contributed by atoms with E-state index in [4.69, 9.17) is 5.84 Å². The van der Waals surface area contributed by atoms with Crippen LogP contribution in [0.3, 0.4) is 0 Å². The van der Waals surface area contributed by atoms with E-state index in [9.17, 15) is 22.9 Å². The molecule has 10 heteroatoms. The van der Waals surface area contributed by atoms with E-state index in [1.54, 1.807) is 20.8 Å². The third kappa shape index (κ3) is 3.62. The summed E-state index contributed by atoms with van der Waals surface area (Å²) in [6.07, 6.45) is 0. The first-order chi connectivity index (χ1) is 8.98. The van der Waals surface area contributed by atoms with Crippen molar-refractivity contribution in [3.8, 4) is 0 Å². The molecule has 0 saturated carbocycles. The van der Waals surface area contributed by atoms with Crippen molar-refractivity contribution >= 4 is 21.4 Å². The normalized spacial score (nSPS) is 12.2. The second-order valence-corrected chi connectivity index (χ2v) is 6.68. The number of nitrogens with one attached hydrogen (secondary N) is 2. The second kappa shape index (κ2) is 5.31. The number of nitrogen functional groups attached to an aromatic ring is 1. The number of sulfonamides is 1. The van der Waals surface area contributed by atoms with Crippen LogP contribution in [0.4, 0.5) is 15.8 Å². The minimum atomic E-state index is -4.22. The number of nitro groups is 1. The Kier molecular flexibility index (Phi) is 4.32. The van der Waals surface area contributed by atoms with Crippen LogP contribution in [0.5, 0.6) is 0 Å². The van der Waals surface area contributed by atoms with Crippen molar-refractivity contribution in [2.24, 2.45) is 5.84 Å². The van der Waals surface area contributed by atoms with Gasteiger partial charge in [0.05, 0.1) is 16.7 Å². The summed E-state index contributed by atoms with van der Waals surface area (Å²) in [5.41, 5.74) is 0.110. The summed E-state index contributed by atoms with van der Waals surface area (Å²) >= 11 is 0. The molecule has 112 valence electrons. The molecule has 1 aromatic carbocycles. The quantitative estimate of drug-likeness (QED) is 0.434. The first-order valence-electron chi connectivity index (χ1n) is 5.46. The molecular weight excluding hydrogens is 291 g/mol. The van der Waals surface area contributed by atoms with E-state index in [2.05, 4.69) is 4.72 Å². The Morgan fingerprint density at radius 2 is 1.90 bits per heavy atom. The van der Waals surface area contributed by atoms with E-state index in [0.717, 1.165) is 6.07 Å². The highest BCUT2D eigenvalue weighted by molar-refractivity contribution is 7.89. The number of hydrogen-bond acceptors (Lipinski definition) is 6. The van der Waals surface area contributed by atoms with Gasteiger partial charge in [0.2, 0.25) is 10.0 Å². The number of non-ortho nitro benzene ring substituents is 1. The molecule has 8 nitrogen and oxygen atoms in total. The van der Waals surface area contributed by atoms with Gasteiger partial charge in [0, 0.05) is 11.6 Å². The van der Waals surface area contributed by atoms with E-state index in [0.29, 0.717) is 6.07 Å². The van der Waals surface area contributed by atoms with Gasteiger partial charge in [-0.1, -0.05) is 0 Å². The molecule has 0 unspecified atom stereocenters. The maximum absolute atomic E-state index is 13.9. The van der Waals surface area contributed by atoms with Crippen LogP contribution >= 0.6 is 0 Å². The Labute approximate surface area is 115 Å². The highest BCUT2D eigenvalue weighted by atomic mass is 32.2. The number of nitro benzene ring substituents is 1. The molecule has 0 spiro atoms. The van der Waals surface area contributed by atoms with Gasteiger partial charge >= 0.3 is 0 Å². The molecular formula is C10H15FN4O4S. The molecule has 0 amide bonds. The number of nitrogens with two attached hydrogens (primary N) is 1. The summed E-state index contributed by atoms with van der Waals surface area (Å²) < 4.78 is 40.4. The van der Waals surface area contributed by atoms with E-state index in [-0.39, 0.29) is 0 Å². The number of hydrogen-bond donors (Lipinski definition) is 3. The van der Waals surface area contributed by atoms with Crippen LogP contribution in [0.25, 0.3) is 0 Å². The summed E-state index contributed by atoms with van der Waals surface area (Å²) in [6.45, 7) is 4.72. The maximum Gasteiger partial charge on any atom is 0.274 e. The van der Waals surface area contributed by atoms with Crippen molar-refractivity contribution in [1.82, 2.24) is 4.72 Å². The molecule has 0 atom stereocenters. The smallest absolute Gasteiger partial charge is 0.274 e. The largest absolute Gasteiger partial charge is 0.323 e. The van der Waals surface area contributed by atoms with Gasteiger partial charge in [-0.05, 0) is 20.8 Å². The van der Waals surface area contributed by atoms with Gasteiger partial charge in [-0.2, -0.15) is 0 Å². The van der Waals surface area contributed by atoms with Crippen molar-refractivity contribution in [3.05, 3.63) is 28.1 Å². The van der Waals surface area contributed by atoms with Crippen molar-refractivity contribution in [2.45, 2.75) is 31.2 Å². The van der Waals surface area contributed by atoms with Crippen LogP contribution in [0, 0.1) is 15.9 Å². The molecule has 4 N–H and O–H groups in total. The third-order valence-electron chi connectivity index (χ3n) is 2.10. The molecule has 0 radical (unpaired) electrons. The van der Waals surface area contributed by atoms with E-state index < -0.39 is 42.6 Å². The number of halogens is 1. The molecule has 0 bridgehead atoms. The zero-order valence-electron chi connectivity index (χ0n) is 11.1. The van der Waals surface area contributed by atoms with Crippen molar-refractivity contribution < 1.29 is 17.7 Å². The predicted molar refractivity (Wildman–Crippen MR) is 70.9 cm³/mol. The number of nitrogens with zero attached hydrogens (tertiary/aromatic N) is 1. The third-order valence-corrected chi connectivity index (χ3v) is 3.94. The standard InChI is InChI=1S/C10H15FN4O4S/c1-10(2,3)14-20(18,19)9-7(11)4-6(15(16)17)5-8(9)13-12/h4-5,13-14H,12H2,1-3H3. The lowest BCUT2D eigenvalue weighted by Gasteiger charge is -2.21. The lowest BCUT2D eigenvalue weighted by Crippen LogP contribution is -2.41. The first-order valence-corrected chi connectivity index (χ1v) is 6.95. The molecule has 0 aliphatic heterocycles. The fourth-order valence-electron chi connectivity index (χ4n) is 1.52. The maximum atomic E-state index is 13.9. The average molecular weight is 306 g/mol. The molecule has 0 aliphatic carbocycles. The first kappa shape index (κ1) is 16.3. The van der Waals surface area contributed by atoms with Gasteiger partial charge in [-0.25, -0.2) is 17.5 Å². The molecule has 0 heterocycles. The van der Waals surface area contributed by atoms with Crippen LogP contribution < -0.4 is 16.0 Å². The number of anilines is 1. The minimum absolute atomic E-state index is 0.395. The lowest BCUT2D eigenvalue weighted by molar-refractivity contribution is -0.385. The van der Waals surface area contributed by atoms with Crippen LogP contribution in [0.2, 0.25) is 0 Å². The number of rotatable bonds is 4. The summed E-state index contributed by atoms with van der Waals surface area (Å²) in [5, 5.41) is 10.6. The summed E-state index contributed by atoms with van der Waals surface area (Å²) in [6, 6.07) is 1.37. The molecule has 20 heavy (non-hydrogen) atoms. The Hall–Kier alpha value is -1.78. The Balaban J connectivity index is 3.49. The number of benzene rings is 1. The minimum Gasteiger partial charge on any atom is -0.323 e. The topological polar surface area (TPSA) is 127 Å². The van der Waals surface area contributed by atoms with Gasteiger partial charge in [0.15, 0.2) is 5.82 Å². The molecule has 1 rings (SSSR count). The van der Waals surface area contributed by atoms with Gasteiger partial charge in [0.1, 0.15) is 4.90 Å². The van der Waals surface area contributed by atoms with Gasteiger partial charge in [-0.15, -0.1) is 0 Å². The SMILES string of the molecule is CC(C)(C)NS(=O)(=O)c1c(F)cc([N+](=O)[O-])cc1NN. The Bertz CT molecular complexity index is 639. The van der Waals surface area contributed by atoms with E-state index in [1.165, 1.54) is 0 Å². The molecule has 0 fully saturated rings. The van der Waals surface area contributed by atoms with E-state index in [1.807, 2.05) is 5.43 Å². The van der Waals surface area contributed by atoms with Crippen LogP contribution in [-0.4, -0.2) is 18.9 Å². The van der Waals surface area contributed by atoms with Gasteiger partial charge < -0.3 is 5.43 Å². The molecule has 0 aromatic heterocycles. The van der Waals surface area contributed by atoms with Crippen LogP contribution in [-0.2, 0) is 10.0 Å². The highest BCUT2D eigenvalue weighted by Gasteiger charge is 2.30. The summed E-state index contributed by atoms with van der Waals surface area (Å²) in [5.74, 6) is 3.86. The average Bonchev–Trinajstić information content (AvgIpc) is 2.23. The fraction of sp³-hybridized carbons (Fsp3) is 0.400. The number of hydrazine groups is 1. The van der Waals surface area contributed by atoms with E-state index >= 15 is 0 Å². The van der Waals surface area contributed by atoms with Crippen LogP contribution in [0.1, 0.15) is 20.8 Å². The monoisotopic (exact) mass is 306 g/mol. The molecule has 0 aliphatic rings. The van der Waals surface area contributed by atoms with Crippen molar-refractivity contribution in [3.63, 3.8) is 0 Å². The second-order valence-electron chi connectivity index (χ2n) is 5.06. The zero-order valence-corrected chi connectivity index (χ0v) is 11.9. The van der Waals surface area contributed by atoms with Crippen molar-refractivity contribution in [1.29, 1.82) is 0 Å². The van der Waals surface area contributed by atoms with Gasteiger partial charge in [0.25, 0.3) is 5.69 Å². The molecule has 0 saturated heterocycles. The van der Waals surface area contributed by atoms with Gasteiger partial charge in [-0.3, -0.25) is 16.0 Å². The Morgan fingerprint density at radius 3 is 2.30 bits per heavy atom. The fourth-order valence-corrected chi connectivity index (χ4v) is 3.15.